The standard InChI is InChI=1S/C12H13F3O2/c13-12(14,15)11(16)6-10(7-11)17-8-9-4-2-1-3-5-9/h1-5,10,16H,6-8H2/t10-,11+. The molecule has 1 fully saturated rings. The second-order valence-electron chi connectivity index (χ2n) is 4.36. The highest BCUT2D eigenvalue weighted by atomic mass is 19.4. The lowest BCUT2D eigenvalue weighted by Crippen LogP contribution is -2.58. The summed E-state index contributed by atoms with van der Waals surface area (Å²) in [6, 6.07) is 9.22. The lowest BCUT2D eigenvalue weighted by Gasteiger charge is -2.43. The van der Waals surface area contributed by atoms with Crippen molar-refractivity contribution in [2.45, 2.75) is 37.3 Å². The van der Waals surface area contributed by atoms with Gasteiger partial charge in [-0.25, -0.2) is 0 Å². The average molecular weight is 246 g/mol. The first-order chi connectivity index (χ1) is 7.91. The van der Waals surface area contributed by atoms with Gasteiger partial charge in [-0.1, -0.05) is 30.3 Å². The van der Waals surface area contributed by atoms with E-state index < -0.39 is 17.9 Å². The van der Waals surface area contributed by atoms with E-state index in [-0.39, 0.29) is 19.4 Å². The number of benzene rings is 1. The summed E-state index contributed by atoms with van der Waals surface area (Å²) in [5.74, 6) is 0. The van der Waals surface area contributed by atoms with Gasteiger partial charge in [0, 0.05) is 12.8 Å². The fourth-order valence-corrected chi connectivity index (χ4v) is 1.83. The average Bonchev–Trinajstić information content (AvgIpc) is 2.22. The van der Waals surface area contributed by atoms with Crippen LogP contribution in [0.1, 0.15) is 18.4 Å². The molecule has 0 aromatic heterocycles. The van der Waals surface area contributed by atoms with Crippen LogP contribution in [0.25, 0.3) is 0 Å². The minimum Gasteiger partial charge on any atom is -0.380 e. The first-order valence-corrected chi connectivity index (χ1v) is 5.35. The largest absolute Gasteiger partial charge is 0.417 e. The van der Waals surface area contributed by atoms with E-state index in [1.54, 1.807) is 0 Å². The van der Waals surface area contributed by atoms with E-state index in [9.17, 15) is 18.3 Å². The molecule has 1 aromatic rings. The van der Waals surface area contributed by atoms with Crippen LogP contribution >= 0.6 is 0 Å². The fourth-order valence-electron chi connectivity index (χ4n) is 1.83. The van der Waals surface area contributed by atoms with E-state index in [1.165, 1.54) is 0 Å². The summed E-state index contributed by atoms with van der Waals surface area (Å²) in [6.07, 6.45) is -5.81. The highest BCUT2D eigenvalue weighted by Gasteiger charge is 2.61. The van der Waals surface area contributed by atoms with Crippen LogP contribution in [0, 0.1) is 0 Å². The van der Waals surface area contributed by atoms with Crippen molar-refractivity contribution in [3.8, 4) is 0 Å². The van der Waals surface area contributed by atoms with E-state index in [1.807, 2.05) is 30.3 Å². The molecular weight excluding hydrogens is 233 g/mol. The maximum Gasteiger partial charge on any atom is 0.417 e. The van der Waals surface area contributed by atoms with Gasteiger partial charge in [0.15, 0.2) is 5.60 Å². The molecule has 2 rings (SSSR count). The van der Waals surface area contributed by atoms with Gasteiger partial charge in [0.05, 0.1) is 12.7 Å². The lowest BCUT2D eigenvalue weighted by atomic mass is 9.77. The molecular formula is C12H13F3O2. The van der Waals surface area contributed by atoms with E-state index in [0.29, 0.717) is 0 Å². The third-order valence-electron chi connectivity index (χ3n) is 2.99. The van der Waals surface area contributed by atoms with E-state index in [4.69, 9.17) is 4.74 Å². The van der Waals surface area contributed by atoms with Crippen LogP contribution in [0.3, 0.4) is 0 Å². The van der Waals surface area contributed by atoms with Gasteiger partial charge in [0.2, 0.25) is 0 Å². The second kappa shape index (κ2) is 4.31. The Hall–Kier alpha value is -1.07. The third-order valence-corrected chi connectivity index (χ3v) is 2.99. The van der Waals surface area contributed by atoms with Crippen LogP contribution < -0.4 is 0 Å². The van der Waals surface area contributed by atoms with Crippen LogP contribution in [0.2, 0.25) is 0 Å². The summed E-state index contributed by atoms with van der Waals surface area (Å²) >= 11 is 0. The minimum absolute atomic E-state index is 0.277. The van der Waals surface area contributed by atoms with E-state index in [0.717, 1.165) is 5.56 Å². The predicted octanol–water partition coefficient (Wildman–Crippen LogP) is 2.66. The molecule has 0 aliphatic heterocycles. The third kappa shape index (κ3) is 2.61. The first-order valence-electron chi connectivity index (χ1n) is 5.35. The number of halogens is 3. The van der Waals surface area contributed by atoms with Gasteiger partial charge in [0.25, 0.3) is 0 Å². The van der Waals surface area contributed by atoms with E-state index in [2.05, 4.69) is 0 Å². The normalized spacial score (nSPS) is 28.8. The molecule has 0 unspecified atom stereocenters. The molecule has 0 heterocycles. The Kier molecular flexibility index (Phi) is 3.14. The molecule has 1 saturated carbocycles. The smallest absolute Gasteiger partial charge is 0.380 e. The van der Waals surface area contributed by atoms with Gasteiger partial charge in [-0.2, -0.15) is 13.2 Å². The summed E-state index contributed by atoms with van der Waals surface area (Å²) in [5.41, 5.74) is -1.64. The monoisotopic (exact) mass is 246 g/mol. The Morgan fingerprint density at radius 3 is 2.35 bits per heavy atom. The molecule has 17 heavy (non-hydrogen) atoms. The molecule has 1 aliphatic rings. The van der Waals surface area contributed by atoms with Crippen molar-refractivity contribution in [1.82, 2.24) is 0 Å². The first kappa shape index (κ1) is 12.4. The van der Waals surface area contributed by atoms with Crippen LogP contribution in [0.5, 0.6) is 0 Å². The summed E-state index contributed by atoms with van der Waals surface area (Å²) in [5, 5.41) is 9.21. The predicted molar refractivity (Wildman–Crippen MR) is 55.3 cm³/mol. The lowest BCUT2D eigenvalue weighted by molar-refractivity contribution is -0.311. The number of ether oxygens (including phenoxy) is 1. The van der Waals surface area contributed by atoms with Crippen molar-refractivity contribution in [2.75, 3.05) is 0 Å². The molecule has 1 aliphatic carbocycles. The van der Waals surface area contributed by atoms with Crippen LogP contribution in [0.15, 0.2) is 30.3 Å². The summed E-state index contributed by atoms with van der Waals surface area (Å²) < 4.78 is 42.2. The van der Waals surface area contributed by atoms with Crippen molar-refractivity contribution in [3.63, 3.8) is 0 Å². The highest BCUT2D eigenvalue weighted by Crippen LogP contribution is 2.46. The molecule has 2 nitrogen and oxygen atoms in total. The number of aliphatic hydroxyl groups is 1. The van der Waals surface area contributed by atoms with Crippen molar-refractivity contribution in [2.24, 2.45) is 0 Å². The Morgan fingerprint density at radius 2 is 1.82 bits per heavy atom. The van der Waals surface area contributed by atoms with Crippen LogP contribution in [-0.2, 0) is 11.3 Å². The van der Waals surface area contributed by atoms with Gasteiger partial charge in [-0.3, -0.25) is 0 Å². The summed E-state index contributed by atoms with van der Waals surface area (Å²) in [7, 11) is 0. The van der Waals surface area contributed by atoms with Gasteiger partial charge >= 0.3 is 6.18 Å². The molecule has 0 bridgehead atoms. The number of hydrogen-bond donors (Lipinski definition) is 1. The summed E-state index contributed by atoms with van der Waals surface area (Å²) in [6.45, 7) is 0.277. The molecule has 0 saturated heterocycles. The van der Waals surface area contributed by atoms with Crippen LogP contribution in [-0.4, -0.2) is 23.0 Å². The Labute approximate surface area is 97.0 Å². The minimum atomic E-state index is -4.56. The number of hydrogen-bond acceptors (Lipinski definition) is 2. The van der Waals surface area contributed by atoms with Gasteiger partial charge < -0.3 is 9.84 Å². The van der Waals surface area contributed by atoms with Crippen molar-refractivity contribution < 1.29 is 23.0 Å². The van der Waals surface area contributed by atoms with Crippen molar-refractivity contribution in [3.05, 3.63) is 35.9 Å². The van der Waals surface area contributed by atoms with Crippen molar-refractivity contribution >= 4 is 0 Å². The fraction of sp³-hybridized carbons (Fsp3) is 0.500. The number of alkyl halides is 3. The summed E-state index contributed by atoms with van der Waals surface area (Å²) in [4.78, 5) is 0. The number of rotatable bonds is 3. The van der Waals surface area contributed by atoms with E-state index >= 15 is 0 Å². The molecule has 5 heteroatoms. The van der Waals surface area contributed by atoms with Gasteiger partial charge in [0.1, 0.15) is 0 Å². The molecule has 0 atom stereocenters. The Balaban J connectivity index is 1.79. The SMILES string of the molecule is O[C@]1(C(F)(F)F)C[C@H](OCc2ccccc2)C1. The molecule has 0 amide bonds. The molecule has 0 radical (unpaired) electrons. The zero-order valence-electron chi connectivity index (χ0n) is 9.07. The zero-order valence-corrected chi connectivity index (χ0v) is 9.07. The maximum absolute atomic E-state index is 12.3. The molecule has 1 N–H and O–H groups in total. The Morgan fingerprint density at radius 1 is 1.24 bits per heavy atom. The zero-order chi connectivity index (χ0) is 12.5. The van der Waals surface area contributed by atoms with Crippen molar-refractivity contribution in [1.29, 1.82) is 0 Å². The van der Waals surface area contributed by atoms with Crippen LogP contribution in [0.4, 0.5) is 13.2 Å². The Bertz CT molecular complexity index is 369. The van der Waals surface area contributed by atoms with Gasteiger partial charge in [-0.05, 0) is 5.56 Å². The highest BCUT2D eigenvalue weighted by molar-refractivity contribution is 5.13. The van der Waals surface area contributed by atoms with Gasteiger partial charge in [-0.15, -0.1) is 0 Å². The quantitative estimate of drug-likeness (QED) is 0.888. The molecule has 1 aromatic carbocycles. The maximum atomic E-state index is 12.3. The second-order valence-corrected chi connectivity index (χ2v) is 4.36. The molecule has 0 spiro atoms. The molecule has 94 valence electrons. The topological polar surface area (TPSA) is 29.5 Å².